The van der Waals surface area contributed by atoms with Crippen molar-refractivity contribution in [1.29, 1.82) is 5.26 Å². The van der Waals surface area contributed by atoms with E-state index in [4.69, 9.17) is 10.00 Å². The largest absolute Gasteiger partial charge is 0.457 e. The van der Waals surface area contributed by atoms with Gasteiger partial charge in [-0.1, -0.05) is 24.3 Å². The van der Waals surface area contributed by atoms with Gasteiger partial charge in [-0.15, -0.1) is 0 Å². The van der Waals surface area contributed by atoms with Gasteiger partial charge < -0.3 is 9.84 Å². The van der Waals surface area contributed by atoms with Crippen LogP contribution in [-0.2, 0) is 0 Å². The van der Waals surface area contributed by atoms with Crippen molar-refractivity contribution in [2.45, 2.75) is 13.0 Å². The Balaban J connectivity index is 2.31. The Hall–Kier alpha value is -2.31. The number of aliphatic hydroxyl groups is 1. The summed E-state index contributed by atoms with van der Waals surface area (Å²) in [4.78, 5) is 0. The molecule has 3 heteroatoms. The van der Waals surface area contributed by atoms with Crippen molar-refractivity contribution in [1.82, 2.24) is 0 Å². The molecule has 0 aliphatic carbocycles. The molecule has 0 heterocycles. The van der Waals surface area contributed by atoms with Crippen LogP contribution >= 0.6 is 0 Å². The van der Waals surface area contributed by atoms with E-state index in [9.17, 15) is 5.11 Å². The SMILES string of the molecule is C[C@H](O)c1ccccc1Oc1cccc(C#N)c1. The highest BCUT2D eigenvalue weighted by molar-refractivity contribution is 5.42. The zero-order chi connectivity index (χ0) is 13.0. The highest BCUT2D eigenvalue weighted by Gasteiger charge is 2.09. The number of hydrogen-bond acceptors (Lipinski definition) is 3. The molecule has 0 unspecified atom stereocenters. The average molecular weight is 239 g/mol. The first-order valence-corrected chi connectivity index (χ1v) is 5.65. The van der Waals surface area contributed by atoms with Crippen LogP contribution in [-0.4, -0.2) is 5.11 Å². The maximum atomic E-state index is 9.65. The Bertz CT molecular complexity index is 585. The van der Waals surface area contributed by atoms with E-state index in [0.717, 1.165) is 5.56 Å². The highest BCUT2D eigenvalue weighted by Crippen LogP contribution is 2.29. The summed E-state index contributed by atoms with van der Waals surface area (Å²) < 4.78 is 5.70. The molecule has 3 nitrogen and oxygen atoms in total. The van der Waals surface area contributed by atoms with Crippen molar-refractivity contribution >= 4 is 0 Å². The maximum Gasteiger partial charge on any atom is 0.133 e. The Morgan fingerprint density at radius 3 is 2.67 bits per heavy atom. The second kappa shape index (κ2) is 5.35. The number of ether oxygens (including phenoxy) is 1. The number of nitrogens with zero attached hydrogens (tertiary/aromatic N) is 1. The van der Waals surface area contributed by atoms with Gasteiger partial charge in [-0.2, -0.15) is 5.26 Å². The normalized spacial score (nSPS) is 11.6. The molecule has 0 bridgehead atoms. The summed E-state index contributed by atoms with van der Waals surface area (Å²) >= 11 is 0. The second-order valence-electron chi connectivity index (χ2n) is 3.96. The lowest BCUT2D eigenvalue weighted by atomic mass is 10.1. The van der Waals surface area contributed by atoms with Crippen LogP contribution in [0.25, 0.3) is 0 Å². The van der Waals surface area contributed by atoms with Crippen molar-refractivity contribution in [2.75, 3.05) is 0 Å². The van der Waals surface area contributed by atoms with Crippen LogP contribution in [0, 0.1) is 11.3 Å². The minimum Gasteiger partial charge on any atom is -0.457 e. The predicted molar refractivity (Wildman–Crippen MR) is 68.3 cm³/mol. The molecule has 2 aromatic rings. The van der Waals surface area contributed by atoms with Crippen molar-refractivity contribution in [2.24, 2.45) is 0 Å². The van der Waals surface area contributed by atoms with Crippen molar-refractivity contribution < 1.29 is 9.84 Å². The van der Waals surface area contributed by atoms with Crippen LogP contribution in [0.2, 0.25) is 0 Å². The van der Waals surface area contributed by atoms with Crippen molar-refractivity contribution in [3.63, 3.8) is 0 Å². The molecule has 0 fully saturated rings. The van der Waals surface area contributed by atoms with Crippen LogP contribution in [0.15, 0.2) is 48.5 Å². The van der Waals surface area contributed by atoms with Crippen LogP contribution in [0.3, 0.4) is 0 Å². The van der Waals surface area contributed by atoms with Crippen LogP contribution < -0.4 is 4.74 Å². The predicted octanol–water partition coefficient (Wildman–Crippen LogP) is 3.40. The van der Waals surface area contributed by atoms with E-state index < -0.39 is 6.10 Å². The van der Waals surface area contributed by atoms with E-state index in [-0.39, 0.29) is 0 Å². The van der Waals surface area contributed by atoms with Gasteiger partial charge >= 0.3 is 0 Å². The van der Waals surface area contributed by atoms with E-state index in [0.29, 0.717) is 17.1 Å². The van der Waals surface area contributed by atoms with Gasteiger partial charge in [0, 0.05) is 5.56 Å². The van der Waals surface area contributed by atoms with Gasteiger partial charge in [0.15, 0.2) is 0 Å². The fraction of sp³-hybridized carbons (Fsp3) is 0.133. The fourth-order valence-electron chi connectivity index (χ4n) is 1.67. The van der Waals surface area contributed by atoms with Crippen molar-refractivity contribution in [3.05, 3.63) is 59.7 Å². The molecule has 1 N–H and O–H groups in total. The number of aliphatic hydroxyl groups excluding tert-OH is 1. The minimum absolute atomic E-state index is 0.544. The first kappa shape index (κ1) is 12.2. The molecule has 0 saturated carbocycles. The highest BCUT2D eigenvalue weighted by atomic mass is 16.5. The first-order chi connectivity index (χ1) is 8.70. The van der Waals surface area contributed by atoms with E-state index >= 15 is 0 Å². The third kappa shape index (κ3) is 2.68. The molecule has 0 aliphatic rings. The molecular weight excluding hydrogens is 226 g/mol. The van der Waals surface area contributed by atoms with Gasteiger partial charge in [0.2, 0.25) is 0 Å². The summed E-state index contributed by atoms with van der Waals surface area (Å²) in [6.07, 6.45) is -0.597. The molecule has 0 amide bonds. The number of hydrogen-bond donors (Lipinski definition) is 1. The van der Waals surface area contributed by atoms with Gasteiger partial charge in [-0.3, -0.25) is 0 Å². The topological polar surface area (TPSA) is 53.2 Å². The van der Waals surface area contributed by atoms with Crippen molar-refractivity contribution in [3.8, 4) is 17.6 Å². The number of nitriles is 1. The summed E-state index contributed by atoms with van der Waals surface area (Å²) in [5.41, 5.74) is 1.27. The molecule has 2 aromatic carbocycles. The summed E-state index contributed by atoms with van der Waals surface area (Å²) in [6.45, 7) is 1.69. The van der Waals surface area contributed by atoms with E-state index in [2.05, 4.69) is 6.07 Å². The van der Waals surface area contributed by atoms with E-state index in [1.54, 1.807) is 37.3 Å². The minimum atomic E-state index is -0.597. The lowest BCUT2D eigenvalue weighted by Crippen LogP contribution is -1.95. The van der Waals surface area contributed by atoms with Gasteiger partial charge in [0.05, 0.1) is 17.7 Å². The third-order valence-corrected chi connectivity index (χ3v) is 2.56. The Morgan fingerprint density at radius 2 is 1.94 bits per heavy atom. The monoisotopic (exact) mass is 239 g/mol. The van der Waals surface area contributed by atoms with Gasteiger partial charge in [0.1, 0.15) is 11.5 Å². The zero-order valence-electron chi connectivity index (χ0n) is 10.00. The standard InChI is InChI=1S/C15H13NO2/c1-11(17)14-7-2-3-8-15(14)18-13-6-4-5-12(9-13)10-16/h2-9,11,17H,1H3/t11-/m0/s1. The molecule has 0 spiro atoms. The molecule has 2 rings (SSSR count). The molecule has 0 saturated heterocycles. The zero-order valence-corrected chi connectivity index (χ0v) is 10.00. The fourth-order valence-corrected chi connectivity index (χ4v) is 1.67. The van der Waals surface area contributed by atoms with Crippen LogP contribution in [0.4, 0.5) is 0 Å². The van der Waals surface area contributed by atoms with Crippen LogP contribution in [0.5, 0.6) is 11.5 Å². The molecule has 18 heavy (non-hydrogen) atoms. The average Bonchev–Trinajstić information content (AvgIpc) is 2.39. The summed E-state index contributed by atoms with van der Waals surface area (Å²) in [6, 6.07) is 16.3. The third-order valence-electron chi connectivity index (χ3n) is 2.56. The number of para-hydroxylation sites is 1. The molecular formula is C15H13NO2. The summed E-state index contributed by atoms with van der Waals surface area (Å²) in [5.74, 6) is 1.18. The van der Waals surface area contributed by atoms with E-state index in [1.165, 1.54) is 0 Å². The van der Waals surface area contributed by atoms with E-state index in [1.807, 2.05) is 18.2 Å². The maximum absolute atomic E-state index is 9.65. The van der Waals surface area contributed by atoms with Crippen LogP contribution in [0.1, 0.15) is 24.2 Å². The van der Waals surface area contributed by atoms with Gasteiger partial charge in [-0.05, 0) is 31.2 Å². The number of rotatable bonds is 3. The Kier molecular flexibility index (Phi) is 3.61. The molecule has 0 aromatic heterocycles. The second-order valence-corrected chi connectivity index (χ2v) is 3.96. The summed E-state index contributed by atoms with van der Waals surface area (Å²) in [5, 5.41) is 18.5. The molecule has 1 atom stereocenters. The molecule has 90 valence electrons. The Labute approximate surface area is 106 Å². The summed E-state index contributed by atoms with van der Waals surface area (Å²) in [7, 11) is 0. The number of benzene rings is 2. The first-order valence-electron chi connectivity index (χ1n) is 5.65. The quantitative estimate of drug-likeness (QED) is 0.893. The van der Waals surface area contributed by atoms with Gasteiger partial charge in [-0.25, -0.2) is 0 Å². The lowest BCUT2D eigenvalue weighted by Gasteiger charge is -2.12. The van der Waals surface area contributed by atoms with Gasteiger partial charge in [0.25, 0.3) is 0 Å². The Morgan fingerprint density at radius 1 is 1.17 bits per heavy atom. The molecule has 0 aliphatic heterocycles. The molecule has 0 radical (unpaired) electrons. The lowest BCUT2D eigenvalue weighted by molar-refractivity contribution is 0.195. The smallest absolute Gasteiger partial charge is 0.133 e.